The number of carbonyl (C=O) groups excluding carboxylic acids is 2. The molecule has 0 aliphatic heterocycles. The first-order valence-corrected chi connectivity index (χ1v) is 13.5. The summed E-state index contributed by atoms with van der Waals surface area (Å²) < 4.78 is 1.01. The summed E-state index contributed by atoms with van der Waals surface area (Å²) in [5.74, 6) is 0.267. The van der Waals surface area contributed by atoms with Crippen LogP contribution in [0.1, 0.15) is 20.7 Å². The van der Waals surface area contributed by atoms with Gasteiger partial charge in [-0.15, -0.1) is 0 Å². The van der Waals surface area contributed by atoms with Gasteiger partial charge in [0.1, 0.15) is 0 Å². The van der Waals surface area contributed by atoms with Crippen molar-refractivity contribution in [3.05, 3.63) is 120 Å². The molecule has 0 spiro atoms. The van der Waals surface area contributed by atoms with Gasteiger partial charge in [0.25, 0.3) is 0 Å². The molecule has 0 radical (unpaired) electrons. The molecular weight excluding hydrogens is 496 g/mol. The molecule has 152 valence electrons. The Morgan fingerprint density at radius 3 is 1.13 bits per heavy atom. The van der Waals surface area contributed by atoms with Crippen molar-refractivity contribution in [2.45, 2.75) is 8.94 Å². The average molecular weight is 518 g/mol. The second-order valence-corrected chi connectivity index (χ2v) is 10.0. The Labute approximate surface area is 193 Å². The van der Waals surface area contributed by atoms with Gasteiger partial charge in [0, 0.05) is 0 Å². The summed E-state index contributed by atoms with van der Waals surface area (Å²) in [7, 11) is 0. The molecule has 0 aliphatic carbocycles. The molecule has 4 aromatic rings. The fourth-order valence-electron chi connectivity index (χ4n) is 3.36. The van der Waals surface area contributed by atoms with Crippen molar-refractivity contribution in [3.8, 4) is 22.3 Å². The van der Waals surface area contributed by atoms with E-state index in [1.54, 1.807) is 0 Å². The van der Waals surface area contributed by atoms with Crippen molar-refractivity contribution in [1.29, 1.82) is 0 Å². The number of rotatable bonds is 8. The molecule has 0 heterocycles. The molecule has 0 N–H and O–H groups in total. The zero-order chi connectivity index (χ0) is 21.5. The number of hydrogen-bond acceptors (Lipinski definition) is 2. The summed E-state index contributed by atoms with van der Waals surface area (Å²) in [6.07, 6.45) is 0. The third-order valence-corrected chi connectivity index (χ3v) is 7.76. The van der Waals surface area contributed by atoms with Crippen LogP contribution >= 0.6 is 0 Å². The van der Waals surface area contributed by atoms with E-state index in [1.165, 1.54) is 0 Å². The van der Waals surface area contributed by atoms with Crippen LogP contribution in [0, 0.1) is 0 Å². The predicted octanol–water partition coefficient (Wildman–Crippen LogP) is 6.63. The minimum absolute atomic E-state index is 0.134. The maximum absolute atomic E-state index is 12.5. The van der Waals surface area contributed by atoms with Crippen molar-refractivity contribution < 1.29 is 9.59 Å². The molecule has 4 rings (SSSR count). The van der Waals surface area contributed by atoms with Crippen LogP contribution in [-0.2, 0) is 0 Å². The molecule has 0 saturated heterocycles. The van der Waals surface area contributed by atoms with Crippen LogP contribution in [-0.4, -0.2) is 32.5 Å². The van der Waals surface area contributed by atoms with Gasteiger partial charge in [-0.1, -0.05) is 0 Å². The zero-order valence-corrected chi connectivity index (χ0v) is 19.4. The fourth-order valence-corrected chi connectivity index (χ4v) is 5.66. The van der Waals surface area contributed by atoms with E-state index in [0.717, 1.165) is 33.4 Å². The van der Waals surface area contributed by atoms with Gasteiger partial charge in [0.2, 0.25) is 0 Å². The molecule has 0 atom stereocenters. The number of carbonyl (C=O) groups is 2. The van der Waals surface area contributed by atoms with Gasteiger partial charge < -0.3 is 0 Å². The van der Waals surface area contributed by atoms with E-state index in [0.29, 0.717) is 8.94 Å². The number of Topliss-reactive ketones (excluding diaryl/α,β-unsaturated/α-hetero) is 2. The Morgan fingerprint density at radius 1 is 0.452 bits per heavy atom. The Balaban J connectivity index is 1.29. The number of benzene rings is 4. The van der Waals surface area contributed by atoms with Crippen LogP contribution < -0.4 is 0 Å². The van der Waals surface area contributed by atoms with Crippen molar-refractivity contribution in [1.82, 2.24) is 0 Å². The normalized spacial score (nSPS) is 10.6. The van der Waals surface area contributed by atoms with Gasteiger partial charge >= 0.3 is 194 Å². The van der Waals surface area contributed by atoms with Crippen LogP contribution in [0.4, 0.5) is 0 Å². The van der Waals surface area contributed by atoms with Crippen molar-refractivity contribution >= 4 is 32.5 Å². The van der Waals surface area contributed by atoms with E-state index in [4.69, 9.17) is 0 Å². The fraction of sp³-hybridized carbons (Fsp3) is 0.0714. The van der Waals surface area contributed by atoms with Crippen LogP contribution in [0.5, 0.6) is 0 Å². The van der Waals surface area contributed by atoms with Crippen molar-refractivity contribution in [3.63, 3.8) is 0 Å². The van der Waals surface area contributed by atoms with Gasteiger partial charge in [0.05, 0.1) is 0 Å². The Bertz CT molecular complexity index is 1050. The summed E-state index contributed by atoms with van der Waals surface area (Å²) in [6.45, 7) is 0. The van der Waals surface area contributed by atoms with E-state index in [1.807, 2.05) is 84.9 Å². The van der Waals surface area contributed by atoms with Crippen LogP contribution in [0.25, 0.3) is 22.3 Å². The summed E-state index contributed by atoms with van der Waals surface area (Å²) in [4.78, 5) is 25.1. The third-order valence-electron chi connectivity index (χ3n) is 5.09. The topological polar surface area (TPSA) is 34.1 Å². The molecule has 31 heavy (non-hydrogen) atoms. The standard InChI is InChI=1S/C28H22O2Te/c29-27(25-15-11-23(12-16-25)21-7-3-1-4-8-21)19-31-20-28(30)26-17-13-24(14-18-26)22-9-5-2-6-10-22/h1-18H,19-20H2. The molecule has 4 aromatic carbocycles. The first kappa shape index (κ1) is 21.2. The molecule has 0 aromatic heterocycles. The molecule has 2 nitrogen and oxygen atoms in total. The van der Waals surface area contributed by atoms with E-state index in [9.17, 15) is 9.59 Å². The summed E-state index contributed by atoms with van der Waals surface area (Å²) >= 11 is -0.705. The molecular formula is C28H22O2Te. The van der Waals surface area contributed by atoms with Gasteiger partial charge in [-0.25, -0.2) is 0 Å². The van der Waals surface area contributed by atoms with Gasteiger partial charge in [-0.3, -0.25) is 0 Å². The molecule has 0 aliphatic rings. The maximum atomic E-state index is 12.5. The van der Waals surface area contributed by atoms with E-state index < -0.39 is 20.9 Å². The third kappa shape index (κ3) is 5.58. The number of hydrogen-bond donors (Lipinski definition) is 0. The first-order chi connectivity index (χ1) is 15.2. The van der Waals surface area contributed by atoms with Gasteiger partial charge in [-0.2, -0.15) is 0 Å². The number of ketones is 2. The van der Waals surface area contributed by atoms with Crippen LogP contribution in [0.3, 0.4) is 0 Å². The summed E-state index contributed by atoms with van der Waals surface area (Å²) in [5.41, 5.74) is 5.93. The zero-order valence-electron chi connectivity index (χ0n) is 17.0. The Hall–Kier alpha value is -2.99. The summed E-state index contributed by atoms with van der Waals surface area (Å²) in [6, 6.07) is 35.7. The average Bonchev–Trinajstić information content (AvgIpc) is 2.85. The van der Waals surface area contributed by atoms with E-state index in [-0.39, 0.29) is 11.6 Å². The molecule has 3 heteroatoms. The van der Waals surface area contributed by atoms with Crippen LogP contribution in [0.15, 0.2) is 109 Å². The van der Waals surface area contributed by atoms with Crippen LogP contribution in [0.2, 0.25) is 8.94 Å². The monoisotopic (exact) mass is 520 g/mol. The molecule has 0 saturated carbocycles. The first-order valence-electron chi connectivity index (χ1n) is 10.2. The quantitative estimate of drug-likeness (QED) is 0.194. The van der Waals surface area contributed by atoms with Gasteiger partial charge in [0.15, 0.2) is 0 Å². The SMILES string of the molecule is O=C(C[Te]CC(=O)c1ccc(-c2ccccc2)cc1)c1ccc(-c2ccccc2)cc1. The van der Waals surface area contributed by atoms with E-state index in [2.05, 4.69) is 24.3 Å². The second-order valence-electron chi connectivity index (χ2n) is 7.23. The molecule has 0 amide bonds. The Morgan fingerprint density at radius 2 is 0.774 bits per heavy atom. The minimum atomic E-state index is -0.705. The predicted molar refractivity (Wildman–Crippen MR) is 128 cm³/mol. The van der Waals surface area contributed by atoms with Gasteiger partial charge in [-0.05, 0) is 0 Å². The van der Waals surface area contributed by atoms with E-state index >= 15 is 0 Å². The van der Waals surface area contributed by atoms with Crippen molar-refractivity contribution in [2.24, 2.45) is 0 Å². The molecule has 0 fully saturated rings. The van der Waals surface area contributed by atoms with Crippen molar-refractivity contribution in [2.75, 3.05) is 0 Å². The Kier molecular flexibility index (Phi) is 7.10. The second kappa shape index (κ2) is 10.4. The molecule has 0 unspecified atom stereocenters. The molecule has 0 bridgehead atoms. The summed E-state index contributed by atoms with van der Waals surface area (Å²) in [5, 5.41) is 0.